The van der Waals surface area contributed by atoms with E-state index < -0.39 is 0 Å². The standard InChI is InChI=1S/C21H22ClN5O2/c1-29-18-7-6-14(22)12-16(18)21(28)27-10-8-26(9-11-27)13-19-24-17-5-3-2-4-15(17)20(23)25-19/h2-7,12H,8-11,13H2,1H3,(H2,23,24,25). The SMILES string of the molecule is COc1ccc(Cl)cc1C(=O)N1CCN(Cc2nc(N)c3ccccc3n2)CC1. The number of aromatic nitrogens is 2. The molecule has 29 heavy (non-hydrogen) atoms. The lowest BCUT2D eigenvalue weighted by Crippen LogP contribution is -2.48. The lowest BCUT2D eigenvalue weighted by atomic mass is 10.1. The second kappa shape index (κ2) is 8.23. The van der Waals surface area contributed by atoms with Gasteiger partial charge in [0.25, 0.3) is 5.91 Å². The van der Waals surface area contributed by atoms with Crippen molar-refractivity contribution in [2.45, 2.75) is 6.54 Å². The smallest absolute Gasteiger partial charge is 0.257 e. The Hall–Kier alpha value is -2.90. The van der Waals surface area contributed by atoms with Gasteiger partial charge in [-0.15, -0.1) is 0 Å². The summed E-state index contributed by atoms with van der Waals surface area (Å²) in [5.41, 5.74) is 7.41. The Morgan fingerprint density at radius 1 is 1.14 bits per heavy atom. The molecule has 0 bridgehead atoms. The molecule has 150 valence electrons. The summed E-state index contributed by atoms with van der Waals surface area (Å²) in [5.74, 6) is 1.64. The highest BCUT2D eigenvalue weighted by Gasteiger charge is 2.25. The first-order valence-electron chi connectivity index (χ1n) is 9.41. The highest BCUT2D eigenvalue weighted by molar-refractivity contribution is 6.31. The van der Waals surface area contributed by atoms with E-state index in [1.54, 1.807) is 25.3 Å². The van der Waals surface area contributed by atoms with Crippen molar-refractivity contribution in [3.05, 3.63) is 58.9 Å². The molecule has 2 N–H and O–H groups in total. The molecule has 0 spiro atoms. The summed E-state index contributed by atoms with van der Waals surface area (Å²) >= 11 is 6.07. The molecule has 1 fully saturated rings. The number of para-hydroxylation sites is 1. The van der Waals surface area contributed by atoms with Gasteiger partial charge in [0.1, 0.15) is 17.4 Å². The summed E-state index contributed by atoms with van der Waals surface area (Å²) in [5, 5.41) is 1.38. The van der Waals surface area contributed by atoms with E-state index in [9.17, 15) is 4.79 Å². The Balaban J connectivity index is 1.42. The van der Waals surface area contributed by atoms with Gasteiger partial charge in [-0.3, -0.25) is 9.69 Å². The van der Waals surface area contributed by atoms with Gasteiger partial charge in [0.2, 0.25) is 0 Å². The van der Waals surface area contributed by atoms with Crippen molar-refractivity contribution in [3.8, 4) is 5.75 Å². The second-order valence-corrected chi connectivity index (χ2v) is 7.39. The van der Waals surface area contributed by atoms with E-state index >= 15 is 0 Å². The van der Waals surface area contributed by atoms with Crippen LogP contribution in [0.3, 0.4) is 0 Å². The monoisotopic (exact) mass is 411 g/mol. The number of carbonyl (C=O) groups excluding carboxylic acids is 1. The quantitative estimate of drug-likeness (QED) is 0.710. The van der Waals surface area contributed by atoms with Gasteiger partial charge in [0.05, 0.1) is 24.7 Å². The third kappa shape index (κ3) is 4.11. The topological polar surface area (TPSA) is 84.6 Å². The Morgan fingerprint density at radius 2 is 1.90 bits per heavy atom. The lowest BCUT2D eigenvalue weighted by Gasteiger charge is -2.34. The first kappa shape index (κ1) is 19.4. The minimum absolute atomic E-state index is 0.0739. The number of nitrogen functional groups attached to an aromatic ring is 1. The van der Waals surface area contributed by atoms with Crippen LogP contribution >= 0.6 is 11.6 Å². The number of hydrogen-bond donors (Lipinski definition) is 1. The fourth-order valence-corrected chi connectivity index (χ4v) is 3.72. The van der Waals surface area contributed by atoms with Crippen LogP contribution in [0.5, 0.6) is 5.75 Å². The van der Waals surface area contributed by atoms with Crippen molar-refractivity contribution in [1.82, 2.24) is 19.8 Å². The number of ether oxygens (including phenoxy) is 1. The zero-order valence-electron chi connectivity index (χ0n) is 16.1. The molecular weight excluding hydrogens is 390 g/mol. The lowest BCUT2D eigenvalue weighted by molar-refractivity contribution is 0.0622. The van der Waals surface area contributed by atoms with Gasteiger partial charge in [0, 0.05) is 36.6 Å². The fourth-order valence-electron chi connectivity index (χ4n) is 3.55. The number of benzene rings is 2. The number of nitrogens with two attached hydrogens (primary N) is 1. The predicted octanol–water partition coefficient (Wildman–Crippen LogP) is 2.83. The maximum absolute atomic E-state index is 12.9. The molecule has 0 radical (unpaired) electrons. The Morgan fingerprint density at radius 3 is 2.66 bits per heavy atom. The third-order valence-electron chi connectivity index (χ3n) is 5.10. The molecule has 7 nitrogen and oxygen atoms in total. The van der Waals surface area contributed by atoms with E-state index in [-0.39, 0.29) is 5.91 Å². The van der Waals surface area contributed by atoms with Gasteiger partial charge in [-0.25, -0.2) is 9.97 Å². The zero-order valence-corrected chi connectivity index (χ0v) is 16.9. The Labute approximate surface area is 174 Å². The van der Waals surface area contributed by atoms with E-state index in [4.69, 9.17) is 22.1 Å². The molecule has 1 amide bonds. The molecule has 2 aromatic carbocycles. The minimum Gasteiger partial charge on any atom is -0.496 e. The molecule has 4 rings (SSSR count). The van der Waals surface area contributed by atoms with Crippen molar-refractivity contribution >= 4 is 34.2 Å². The summed E-state index contributed by atoms with van der Waals surface area (Å²) in [7, 11) is 1.55. The van der Waals surface area contributed by atoms with Crippen LogP contribution < -0.4 is 10.5 Å². The van der Waals surface area contributed by atoms with Gasteiger partial charge < -0.3 is 15.4 Å². The van der Waals surface area contributed by atoms with Gasteiger partial charge in [0.15, 0.2) is 0 Å². The number of piperazine rings is 1. The van der Waals surface area contributed by atoms with Crippen LogP contribution in [0.4, 0.5) is 5.82 Å². The number of methoxy groups -OCH3 is 1. The molecule has 3 aromatic rings. The van der Waals surface area contributed by atoms with E-state index in [0.29, 0.717) is 47.6 Å². The van der Waals surface area contributed by atoms with Crippen molar-refractivity contribution in [1.29, 1.82) is 0 Å². The number of carbonyl (C=O) groups is 1. The number of anilines is 1. The summed E-state index contributed by atoms with van der Waals surface area (Å²) in [4.78, 5) is 26.0. The van der Waals surface area contributed by atoms with Crippen molar-refractivity contribution in [2.75, 3.05) is 39.0 Å². The average molecular weight is 412 g/mol. The Bertz CT molecular complexity index is 1050. The molecule has 2 heterocycles. The molecule has 1 saturated heterocycles. The van der Waals surface area contributed by atoms with Crippen LogP contribution in [-0.2, 0) is 6.54 Å². The van der Waals surface area contributed by atoms with Crippen LogP contribution in [-0.4, -0.2) is 59.0 Å². The van der Waals surface area contributed by atoms with Gasteiger partial charge >= 0.3 is 0 Å². The summed E-state index contributed by atoms with van der Waals surface area (Å²) in [6.07, 6.45) is 0. The molecule has 0 unspecified atom stereocenters. The number of rotatable bonds is 4. The minimum atomic E-state index is -0.0739. The third-order valence-corrected chi connectivity index (χ3v) is 5.33. The Kier molecular flexibility index (Phi) is 5.51. The molecule has 1 aliphatic rings. The number of halogens is 1. The number of hydrogen-bond acceptors (Lipinski definition) is 6. The normalized spacial score (nSPS) is 14.9. The second-order valence-electron chi connectivity index (χ2n) is 6.96. The predicted molar refractivity (Wildman–Crippen MR) is 113 cm³/mol. The average Bonchev–Trinajstić information content (AvgIpc) is 2.74. The van der Waals surface area contributed by atoms with Crippen molar-refractivity contribution < 1.29 is 9.53 Å². The van der Waals surface area contributed by atoms with Crippen molar-refractivity contribution in [3.63, 3.8) is 0 Å². The molecule has 8 heteroatoms. The number of amides is 1. The maximum atomic E-state index is 12.9. The first-order chi connectivity index (χ1) is 14.0. The first-order valence-corrected chi connectivity index (χ1v) is 9.79. The molecular formula is C21H22ClN5O2. The molecule has 0 atom stereocenters. The summed E-state index contributed by atoms with van der Waals surface area (Å²) < 4.78 is 5.31. The molecule has 0 aliphatic carbocycles. The van der Waals surface area contributed by atoms with Crippen molar-refractivity contribution in [2.24, 2.45) is 0 Å². The number of fused-ring (bicyclic) bond motifs is 1. The van der Waals surface area contributed by atoms with Gasteiger partial charge in [-0.2, -0.15) is 0 Å². The van der Waals surface area contributed by atoms with E-state index in [1.807, 2.05) is 29.2 Å². The molecule has 1 aromatic heterocycles. The highest BCUT2D eigenvalue weighted by Crippen LogP contribution is 2.25. The van der Waals surface area contributed by atoms with E-state index in [0.717, 1.165) is 24.0 Å². The molecule has 1 aliphatic heterocycles. The van der Waals surface area contributed by atoms with E-state index in [1.165, 1.54) is 0 Å². The summed E-state index contributed by atoms with van der Waals surface area (Å²) in [6.45, 7) is 3.27. The highest BCUT2D eigenvalue weighted by atomic mass is 35.5. The summed E-state index contributed by atoms with van der Waals surface area (Å²) in [6, 6.07) is 12.8. The van der Waals surface area contributed by atoms with Crippen LogP contribution in [0, 0.1) is 0 Å². The van der Waals surface area contributed by atoms with Crippen LogP contribution in [0.2, 0.25) is 5.02 Å². The zero-order chi connectivity index (χ0) is 20.4. The van der Waals surface area contributed by atoms with Gasteiger partial charge in [-0.1, -0.05) is 23.7 Å². The molecule has 0 saturated carbocycles. The maximum Gasteiger partial charge on any atom is 0.257 e. The van der Waals surface area contributed by atoms with Crippen LogP contribution in [0.15, 0.2) is 42.5 Å². The van der Waals surface area contributed by atoms with Gasteiger partial charge in [-0.05, 0) is 30.3 Å². The van der Waals surface area contributed by atoms with Crippen LogP contribution in [0.25, 0.3) is 10.9 Å². The van der Waals surface area contributed by atoms with E-state index in [2.05, 4.69) is 14.9 Å². The number of nitrogens with zero attached hydrogens (tertiary/aromatic N) is 4. The fraction of sp³-hybridized carbons (Fsp3) is 0.286. The largest absolute Gasteiger partial charge is 0.496 e. The van der Waals surface area contributed by atoms with Crippen LogP contribution in [0.1, 0.15) is 16.2 Å².